The molecular formula is C17H22N4OS. The fraction of sp³-hybridized carbons (Fsp3) is 0.529. The zero-order valence-electron chi connectivity index (χ0n) is 13.1. The van der Waals surface area contributed by atoms with Gasteiger partial charge in [-0.05, 0) is 37.9 Å². The summed E-state index contributed by atoms with van der Waals surface area (Å²) < 4.78 is 1.17. The predicted molar refractivity (Wildman–Crippen MR) is 92.6 cm³/mol. The van der Waals surface area contributed by atoms with Crippen molar-refractivity contribution in [3.8, 4) is 0 Å². The van der Waals surface area contributed by atoms with E-state index in [-0.39, 0.29) is 6.03 Å². The average Bonchev–Trinajstić information content (AvgIpc) is 3.17. The van der Waals surface area contributed by atoms with Crippen LogP contribution in [0, 0.1) is 0 Å². The predicted octanol–water partition coefficient (Wildman–Crippen LogP) is 2.72. The quantitative estimate of drug-likeness (QED) is 0.910. The molecule has 2 atom stereocenters. The molecule has 4 rings (SSSR count). The van der Waals surface area contributed by atoms with Gasteiger partial charge < -0.3 is 10.6 Å². The van der Waals surface area contributed by atoms with Gasteiger partial charge in [-0.2, -0.15) is 0 Å². The van der Waals surface area contributed by atoms with Crippen molar-refractivity contribution in [1.29, 1.82) is 0 Å². The highest BCUT2D eigenvalue weighted by atomic mass is 32.1. The Kier molecular flexibility index (Phi) is 4.18. The molecule has 122 valence electrons. The highest BCUT2D eigenvalue weighted by molar-refractivity contribution is 7.18. The van der Waals surface area contributed by atoms with E-state index in [4.69, 9.17) is 0 Å². The molecule has 2 amide bonds. The molecule has 1 aromatic heterocycles. The largest absolute Gasteiger partial charge is 0.334 e. The molecule has 2 N–H and O–H groups in total. The second-order valence-electron chi connectivity index (χ2n) is 6.40. The summed E-state index contributed by atoms with van der Waals surface area (Å²) in [5, 5.41) is 7.08. The average molecular weight is 330 g/mol. The molecule has 2 aromatic rings. The summed E-state index contributed by atoms with van der Waals surface area (Å²) in [6, 6.07) is 8.84. The first-order chi connectivity index (χ1) is 11.3. The topological polar surface area (TPSA) is 57.3 Å². The van der Waals surface area contributed by atoms with Gasteiger partial charge in [0.1, 0.15) is 5.01 Å². The number of fused-ring (bicyclic) bond motifs is 2. The highest BCUT2D eigenvalue weighted by Crippen LogP contribution is 2.27. The second-order valence-corrected chi connectivity index (χ2v) is 7.51. The van der Waals surface area contributed by atoms with E-state index in [1.54, 1.807) is 11.3 Å². The molecule has 0 saturated carbocycles. The zero-order chi connectivity index (χ0) is 15.6. The van der Waals surface area contributed by atoms with Crippen molar-refractivity contribution >= 4 is 27.6 Å². The number of hydrogen-bond donors (Lipinski definition) is 2. The van der Waals surface area contributed by atoms with E-state index < -0.39 is 0 Å². The Labute approximate surface area is 140 Å². The SMILES string of the molecule is O=C(NCc1nc2ccccc2s1)N[C@H]1CCN2CCCC[C@@H]12. The standard InChI is InChI=1S/C17H22N4OS/c22-17(20-12-8-10-21-9-4-3-6-14(12)21)18-11-16-19-13-5-1-2-7-15(13)23-16/h1-2,5,7,12,14H,3-4,6,8-11H2,(H2,18,20,22)/t12-,14-/m0/s1. The second kappa shape index (κ2) is 6.45. The van der Waals surface area contributed by atoms with Gasteiger partial charge in [0.05, 0.1) is 16.8 Å². The van der Waals surface area contributed by atoms with Gasteiger partial charge in [0.2, 0.25) is 0 Å². The fourth-order valence-corrected chi connectivity index (χ4v) is 4.69. The molecular weight excluding hydrogens is 308 g/mol. The van der Waals surface area contributed by atoms with Crippen molar-refractivity contribution in [3.05, 3.63) is 29.3 Å². The van der Waals surface area contributed by atoms with E-state index in [0.717, 1.165) is 23.5 Å². The maximum Gasteiger partial charge on any atom is 0.315 e. The van der Waals surface area contributed by atoms with Crippen LogP contribution in [-0.4, -0.2) is 41.1 Å². The third-order valence-corrected chi connectivity index (χ3v) is 5.95. The maximum absolute atomic E-state index is 12.2. The molecule has 5 nitrogen and oxygen atoms in total. The number of benzene rings is 1. The summed E-state index contributed by atoms with van der Waals surface area (Å²) in [6.07, 6.45) is 4.86. The van der Waals surface area contributed by atoms with Crippen molar-refractivity contribution in [2.24, 2.45) is 0 Å². The number of piperidine rings is 1. The van der Waals surface area contributed by atoms with E-state index >= 15 is 0 Å². The van der Waals surface area contributed by atoms with E-state index in [9.17, 15) is 4.79 Å². The van der Waals surface area contributed by atoms with Gasteiger partial charge in [0.15, 0.2) is 0 Å². The van der Waals surface area contributed by atoms with Crippen LogP contribution in [0.2, 0.25) is 0 Å². The van der Waals surface area contributed by atoms with E-state index in [2.05, 4.69) is 26.6 Å². The lowest BCUT2D eigenvalue weighted by Gasteiger charge is -2.32. The van der Waals surface area contributed by atoms with E-state index in [0.29, 0.717) is 18.6 Å². The molecule has 3 heterocycles. The van der Waals surface area contributed by atoms with Crippen LogP contribution in [0.1, 0.15) is 30.7 Å². The van der Waals surface area contributed by atoms with Gasteiger partial charge in [-0.1, -0.05) is 18.6 Å². The van der Waals surface area contributed by atoms with Gasteiger partial charge in [-0.15, -0.1) is 11.3 Å². The summed E-state index contributed by atoms with van der Waals surface area (Å²) in [5.74, 6) is 0. The van der Waals surface area contributed by atoms with E-state index in [1.165, 1.54) is 30.5 Å². The lowest BCUT2D eigenvalue weighted by molar-refractivity contribution is 0.179. The summed E-state index contributed by atoms with van der Waals surface area (Å²) in [4.78, 5) is 19.3. The molecule has 1 aromatic carbocycles. The first-order valence-electron chi connectivity index (χ1n) is 8.42. The number of thiazole rings is 1. The summed E-state index contributed by atoms with van der Waals surface area (Å²) in [7, 11) is 0. The Morgan fingerprint density at radius 2 is 2.17 bits per heavy atom. The van der Waals surface area contributed by atoms with Gasteiger partial charge >= 0.3 is 6.03 Å². The number of hydrogen-bond acceptors (Lipinski definition) is 4. The number of nitrogens with one attached hydrogen (secondary N) is 2. The molecule has 2 fully saturated rings. The molecule has 2 saturated heterocycles. The number of nitrogens with zero attached hydrogens (tertiary/aromatic N) is 2. The van der Waals surface area contributed by atoms with Crippen molar-refractivity contribution in [2.75, 3.05) is 13.1 Å². The maximum atomic E-state index is 12.2. The summed E-state index contributed by atoms with van der Waals surface area (Å²) >= 11 is 1.64. The minimum atomic E-state index is -0.0679. The van der Waals surface area contributed by atoms with Crippen LogP contribution >= 0.6 is 11.3 Å². The number of carbonyl (C=O) groups is 1. The molecule has 6 heteroatoms. The highest BCUT2D eigenvalue weighted by Gasteiger charge is 2.36. The molecule has 2 aliphatic heterocycles. The van der Waals surface area contributed by atoms with Crippen LogP contribution in [0.15, 0.2) is 24.3 Å². The summed E-state index contributed by atoms with van der Waals surface area (Å²) in [6.45, 7) is 2.80. The van der Waals surface area contributed by atoms with Crippen molar-refractivity contribution < 1.29 is 4.79 Å². The van der Waals surface area contributed by atoms with Crippen molar-refractivity contribution in [2.45, 2.75) is 44.3 Å². The smallest absolute Gasteiger partial charge is 0.315 e. The molecule has 2 aliphatic rings. The Balaban J connectivity index is 1.31. The minimum absolute atomic E-state index is 0.0679. The molecule has 0 aliphatic carbocycles. The number of carbonyl (C=O) groups excluding carboxylic acids is 1. The first kappa shape index (κ1) is 14.9. The number of aromatic nitrogens is 1. The molecule has 0 unspecified atom stereocenters. The van der Waals surface area contributed by atoms with Crippen LogP contribution in [0.25, 0.3) is 10.2 Å². The monoisotopic (exact) mass is 330 g/mol. The lowest BCUT2D eigenvalue weighted by Crippen LogP contribution is -2.49. The van der Waals surface area contributed by atoms with Gasteiger partial charge in [-0.25, -0.2) is 9.78 Å². The molecule has 0 bridgehead atoms. The first-order valence-corrected chi connectivity index (χ1v) is 9.24. The van der Waals surface area contributed by atoms with Crippen LogP contribution < -0.4 is 10.6 Å². The van der Waals surface area contributed by atoms with Gasteiger partial charge in [-0.3, -0.25) is 4.90 Å². The molecule has 23 heavy (non-hydrogen) atoms. The Morgan fingerprint density at radius 1 is 1.26 bits per heavy atom. The number of urea groups is 1. The van der Waals surface area contributed by atoms with Crippen LogP contribution in [0.3, 0.4) is 0 Å². The Hall–Kier alpha value is -1.66. The normalized spacial score (nSPS) is 24.5. The fourth-order valence-electron chi connectivity index (χ4n) is 3.79. The van der Waals surface area contributed by atoms with Gasteiger partial charge in [0.25, 0.3) is 0 Å². The van der Waals surface area contributed by atoms with Crippen LogP contribution in [0.5, 0.6) is 0 Å². The third kappa shape index (κ3) is 3.19. The van der Waals surface area contributed by atoms with Crippen molar-refractivity contribution in [1.82, 2.24) is 20.5 Å². The number of para-hydroxylation sites is 1. The number of amides is 2. The lowest BCUT2D eigenvalue weighted by atomic mass is 9.99. The number of rotatable bonds is 3. The minimum Gasteiger partial charge on any atom is -0.334 e. The Bertz CT molecular complexity index is 668. The van der Waals surface area contributed by atoms with Gasteiger partial charge in [0, 0.05) is 18.6 Å². The zero-order valence-corrected chi connectivity index (χ0v) is 13.9. The summed E-state index contributed by atoms with van der Waals surface area (Å²) in [5.41, 5.74) is 1.00. The Morgan fingerprint density at radius 3 is 3.09 bits per heavy atom. The molecule has 0 radical (unpaired) electrons. The molecule has 0 spiro atoms. The third-order valence-electron chi connectivity index (χ3n) is 4.91. The van der Waals surface area contributed by atoms with E-state index in [1.807, 2.05) is 18.2 Å². The van der Waals surface area contributed by atoms with Crippen molar-refractivity contribution in [3.63, 3.8) is 0 Å². The van der Waals surface area contributed by atoms with Crippen LogP contribution in [-0.2, 0) is 6.54 Å². The van der Waals surface area contributed by atoms with Crippen LogP contribution in [0.4, 0.5) is 4.79 Å².